The van der Waals surface area contributed by atoms with Crippen LogP contribution >= 0.6 is 0 Å². The normalized spacial score (nSPS) is 27.0. The van der Waals surface area contributed by atoms with Gasteiger partial charge in [-0.1, -0.05) is 5.16 Å². The standard InChI is InChI=1S/C16H18N4O3/c1-10-18-15(23-19-10)13-8-12-4-7-20(9-14(12)22-13)16(21)11-2-5-17-6-3-11/h2-3,5-6,12-14H,4,7-9H2,1H3/t12-,13+,14+/m1/s1. The SMILES string of the molecule is Cc1noc([C@@H]2C[C@H]3CCN(C(=O)c4ccncc4)C[C@@H]3O2)n1. The van der Waals surface area contributed by atoms with Gasteiger partial charge in [0, 0.05) is 31.0 Å². The Hall–Kier alpha value is -2.28. The van der Waals surface area contributed by atoms with Crippen molar-refractivity contribution in [2.75, 3.05) is 13.1 Å². The number of rotatable bonds is 2. The number of pyridine rings is 1. The van der Waals surface area contributed by atoms with Crippen LogP contribution in [0, 0.1) is 12.8 Å². The lowest BCUT2D eigenvalue weighted by molar-refractivity contribution is -0.0137. The topological polar surface area (TPSA) is 81.4 Å². The number of carbonyl (C=O) groups is 1. The third-order valence-corrected chi connectivity index (χ3v) is 4.59. The summed E-state index contributed by atoms with van der Waals surface area (Å²) in [5, 5.41) is 3.82. The molecule has 4 rings (SSSR count). The van der Waals surface area contributed by atoms with E-state index in [0.29, 0.717) is 29.7 Å². The summed E-state index contributed by atoms with van der Waals surface area (Å²) in [6.07, 6.45) is 4.98. The number of carbonyl (C=O) groups excluding carboxylic acids is 1. The Morgan fingerprint density at radius 1 is 1.35 bits per heavy atom. The quantitative estimate of drug-likeness (QED) is 0.840. The van der Waals surface area contributed by atoms with Crippen molar-refractivity contribution in [2.45, 2.75) is 32.0 Å². The first-order chi connectivity index (χ1) is 11.2. The first-order valence-electron chi connectivity index (χ1n) is 7.85. The molecule has 4 heterocycles. The Morgan fingerprint density at radius 2 is 2.17 bits per heavy atom. The predicted octanol–water partition coefficient (Wildman–Crippen LogP) is 1.77. The summed E-state index contributed by atoms with van der Waals surface area (Å²) >= 11 is 0. The van der Waals surface area contributed by atoms with E-state index in [1.54, 1.807) is 31.5 Å². The zero-order valence-electron chi connectivity index (χ0n) is 12.9. The van der Waals surface area contributed by atoms with Crippen LogP contribution in [0.25, 0.3) is 0 Å². The molecule has 3 atom stereocenters. The summed E-state index contributed by atoms with van der Waals surface area (Å²) in [7, 11) is 0. The molecule has 0 aromatic carbocycles. The molecule has 1 amide bonds. The van der Waals surface area contributed by atoms with E-state index in [4.69, 9.17) is 9.26 Å². The fourth-order valence-electron chi connectivity index (χ4n) is 3.39. The van der Waals surface area contributed by atoms with Crippen molar-refractivity contribution in [3.8, 4) is 0 Å². The van der Waals surface area contributed by atoms with Crippen LogP contribution in [-0.4, -0.2) is 45.1 Å². The van der Waals surface area contributed by atoms with Gasteiger partial charge < -0.3 is 14.2 Å². The third-order valence-electron chi connectivity index (χ3n) is 4.59. The number of piperidine rings is 1. The number of nitrogens with zero attached hydrogens (tertiary/aromatic N) is 4. The second-order valence-electron chi connectivity index (χ2n) is 6.11. The van der Waals surface area contributed by atoms with Crippen molar-refractivity contribution in [3.63, 3.8) is 0 Å². The van der Waals surface area contributed by atoms with Gasteiger partial charge >= 0.3 is 0 Å². The zero-order valence-corrected chi connectivity index (χ0v) is 12.9. The average Bonchev–Trinajstić information content (AvgIpc) is 3.20. The van der Waals surface area contributed by atoms with E-state index in [1.165, 1.54) is 0 Å². The Bertz CT molecular complexity index is 702. The molecule has 23 heavy (non-hydrogen) atoms. The highest BCUT2D eigenvalue weighted by Gasteiger charge is 2.42. The highest BCUT2D eigenvalue weighted by Crippen LogP contribution is 2.40. The summed E-state index contributed by atoms with van der Waals surface area (Å²) in [4.78, 5) is 22.6. The maximum absolute atomic E-state index is 12.5. The van der Waals surface area contributed by atoms with Crippen LogP contribution in [0.5, 0.6) is 0 Å². The Morgan fingerprint density at radius 3 is 2.91 bits per heavy atom. The van der Waals surface area contributed by atoms with Gasteiger partial charge in [-0.3, -0.25) is 9.78 Å². The smallest absolute Gasteiger partial charge is 0.255 e. The Labute approximate surface area is 133 Å². The maximum Gasteiger partial charge on any atom is 0.255 e. The molecule has 120 valence electrons. The number of hydrogen-bond donors (Lipinski definition) is 0. The molecule has 7 heteroatoms. The van der Waals surface area contributed by atoms with Gasteiger partial charge in [-0.15, -0.1) is 0 Å². The minimum Gasteiger partial charge on any atom is -0.363 e. The molecule has 0 spiro atoms. The van der Waals surface area contributed by atoms with E-state index in [9.17, 15) is 4.79 Å². The summed E-state index contributed by atoms with van der Waals surface area (Å²) in [5.74, 6) is 1.64. The molecule has 2 aromatic rings. The van der Waals surface area contributed by atoms with Crippen LogP contribution < -0.4 is 0 Å². The van der Waals surface area contributed by atoms with Crippen molar-refractivity contribution < 1.29 is 14.1 Å². The van der Waals surface area contributed by atoms with Gasteiger partial charge in [-0.05, 0) is 37.8 Å². The van der Waals surface area contributed by atoms with Crippen molar-refractivity contribution >= 4 is 5.91 Å². The van der Waals surface area contributed by atoms with Crippen molar-refractivity contribution in [1.29, 1.82) is 0 Å². The lowest BCUT2D eigenvalue weighted by Gasteiger charge is -2.34. The van der Waals surface area contributed by atoms with Crippen molar-refractivity contribution in [3.05, 3.63) is 41.8 Å². The molecular weight excluding hydrogens is 296 g/mol. The molecule has 2 saturated heterocycles. The molecular formula is C16H18N4O3. The fourth-order valence-corrected chi connectivity index (χ4v) is 3.39. The average molecular weight is 314 g/mol. The van der Waals surface area contributed by atoms with E-state index in [1.807, 2.05) is 4.90 Å². The number of fused-ring (bicyclic) bond motifs is 1. The monoisotopic (exact) mass is 314 g/mol. The predicted molar refractivity (Wildman–Crippen MR) is 79.5 cm³/mol. The van der Waals surface area contributed by atoms with Crippen LogP contribution in [0.3, 0.4) is 0 Å². The van der Waals surface area contributed by atoms with Gasteiger partial charge in [0.25, 0.3) is 11.8 Å². The number of amides is 1. The molecule has 0 N–H and O–H groups in total. The number of aromatic nitrogens is 3. The lowest BCUT2D eigenvalue weighted by atomic mass is 9.91. The van der Waals surface area contributed by atoms with Gasteiger partial charge in [-0.25, -0.2) is 0 Å². The summed E-state index contributed by atoms with van der Waals surface area (Å²) in [6.45, 7) is 3.15. The van der Waals surface area contributed by atoms with Crippen LogP contribution in [0.15, 0.2) is 29.0 Å². The van der Waals surface area contributed by atoms with Crippen molar-refractivity contribution in [1.82, 2.24) is 20.0 Å². The van der Waals surface area contributed by atoms with Gasteiger partial charge in [0.2, 0.25) is 0 Å². The molecule has 0 bridgehead atoms. The first kappa shape index (κ1) is 14.3. The molecule has 2 fully saturated rings. The second-order valence-corrected chi connectivity index (χ2v) is 6.11. The van der Waals surface area contributed by atoms with Gasteiger partial charge in [0.15, 0.2) is 5.82 Å². The minimum absolute atomic E-state index is 0.0338. The maximum atomic E-state index is 12.5. The Balaban J connectivity index is 1.44. The minimum atomic E-state index is -0.151. The van der Waals surface area contributed by atoms with E-state index >= 15 is 0 Å². The van der Waals surface area contributed by atoms with Gasteiger partial charge in [0.1, 0.15) is 6.10 Å². The molecule has 7 nitrogen and oxygen atoms in total. The largest absolute Gasteiger partial charge is 0.363 e. The molecule has 0 radical (unpaired) electrons. The summed E-state index contributed by atoms with van der Waals surface area (Å²) < 4.78 is 11.3. The molecule has 0 saturated carbocycles. The zero-order chi connectivity index (χ0) is 15.8. The van der Waals surface area contributed by atoms with Gasteiger partial charge in [0.05, 0.1) is 6.10 Å². The number of ether oxygens (including phenoxy) is 1. The van der Waals surface area contributed by atoms with Crippen LogP contribution in [0.2, 0.25) is 0 Å². The van der Waals surface area contributed by atoms with E-state index in [2.05, 4.69) is 15.1 Å². The summed E-state index contributed by atoms with van der Waals surface area (Å²) in [6, 6.07) is 3.49. The molecule has 2 aliphatic rings. The highest BCUT2D eigenvalue weighted by atomic mass is 16.5. The molecule has 0 aliphatic carbocycles. The number of hydrogen-bond acceptors (Lipinski definition) is 6. The Kier molecular flexibility index (Phi) is 3.57. The first-order valence-corrected chi connectivity index (χ1v) is 7.85. The number of aryl methyl sites for hydroxylation is 1. The van der Waals surface area contributed by atoms with E-state index < -0.39 is 0 Å². The van der Waals surface area contributed by atoms with Crippen LogP contribution in [0.1, 0.15) is 41.0 Å². The van der Waals surface area contributed by atoms with Crippen LogP contribution in [-0.2, 0) is 4.74 Å². The van der Waals surface area contributed by atoms with Gasteiger partial charge in [-0.2, -0.15) is 4.98 Å². The van der Waals surface area contributed by atoms with E-state index in [0.717, 1.165) is 19.4 Å². The fraction of sp³-hybridized carbons (Fsp3) is 0.500. The number of likely N-dealkylation sites (tertiary alicyclic amines) is 1. The molecule has 0 unspecified atom stereocenters. The second kappa shape index (κ2) is 5.73. The highest BCUT2D eigenvalue weighted by molar-refractivity contribution is 5.94. The third kappa shape index (κ3) is 2.72. The lowest BCUT2D eigenvalue weighted by Crippen LogP contribution is -2.45. The van der Waals surface area contributed by atoms with Crippen molar-refractivity contribution in [2.24, 2.45) is 5.92 Å². The molecule has 2 aliphatic heterocycles. The molecule has 2 aromatic heterocycles. The van der Waals surface area contributed by atoms with E-state index in [-0.39, 0.29) is 18.1 Å². The summed E-state index contributed by atoms with van der Waals surface area (Å²) in [5.41, 5.74) is 0.667. The van der Waals surface area contributed by atoms with Crippen LogP contribution in [0.4, 0.5) is 0 Å².